The molecule has 2 N–H and O–H groups in total. The van der Waals surface area contributed by atoms with E-state index in [-0.39, 0.29) is 12.0 Å². The molecule has 0 spiro atoms. The first kappa shape index (κ1) is 17.4. The number of rotatable bonds is 12. The Bertz CT molecular complexity index is 209. The van der Waals surface area contributed by atoms with Crippen LogP contribution in [0.4, 0.5) is 0 Å². The van der Waals surface area contributed by atoms with Crippen molar-refractivity contribution in [2.45, 2.75) is 71.8 Å². The first-order valence-electron chi connectivity index (χ1n) is 7.27. The molecule has 0 saturated heterocycles. The summed E-state index contributed by atoms with van der Waals surface area (Å²) in [5, 5.41) is 9.28. The summed E-state index contributed by atoms with van der Waals surface area (Å²) in [5.74, 6) is -1.06. The van der Waals surface area contributed by atoms with E-state index in [9.17, 15) is 9.90 Å². The number of hydroxylamine groups is 1. The first-order chi connectivity index (χ1) is 8.67. The average molecular weight is 259 g/mol. The van der Waals surface area contributed by atoms with Crippen LogP contribution in [-0.4, -0.2) is 23.7 Å². The quantitative estimate of drug-likeness (QED) is 0.417. The van der Waals surface area contributed by atoms with E-state index >= 15 is 0 Å². The molecule has 0 saturated carbocycles. The Morgan fingerprint density at radius 3 is 2.33 bits per heavy atom. The van der Waals surface area contributed by atoms with Gasteiger partial charge >= 0.3 is 5.97 Å². The lowest BCUT2D eigenvalue weighted by Gasteiger charge is -2.23. The molecule has 0 bridgehead atoms. The van der Waals surface area contributed by atoms with Crippen molar-refractivity contribution >= 4 is 5.97 Å². The maximum Gasteiger partial charge on any atom is 0.308 e. The zero-order valence-corrected chi connectivity index (χ0v) is 12.1. The third-order valence-corrected chi connectivity index (χ3v) is 3.20. The molecule has 0 aliphatic carbocycles. The minimum Gasteiger partial charge on any atom is -0.481 e. The highest BCUT2D eigenvalue weighted by molar-refractivity contribution is 5.70. The molecule has 0 rings (SSSR count). The maximum absolute atomic E-state index is 11.3. The molecule has 4 heteroatoms. The summed E-state index contributed by atoms with van der Waals surface area (Å²) in [6, 6.07) is -0.0868. The predicted molar refractivity (Wildman–Crippen MR) is 73.3 cm³/mol. The highest BCUT2D eigenvalue weighted by Crippen LogP contribution is 2.17. The van der Waals surface area contributed by atoms with Crippen LogP contribution in [0.15, 0.2) is 0 Å². The Morgan fingerprint density at radius 2 is 1.83 bits per heavy atom. The largest absolute Gasteiger partial charge is 0.481 e. The summed E-state index contributed by atoms with van der Waals surface area (Å²) < 4.78 is 0. The van der Waals surface area contributed by atoms with Crippen molar-refractivity contribution < 1.29 is 14.7 Å². The summed E-state index contributed by atoms with van der Waals surface area (Å²) in [7, 11) is 0. The maximum atomic E-state index is 11.3. The zero-order chi connectivity index (χ0) is 13.8. The number of unbranched alkanes of at least 4 members (excludes halogenated alkanes) is 3. The molecule has 0 aromatic carbocycles. The summed E-state index contributed by atoms with van der Waals surface area (Å²) in [5.41, 5.74) is 2.93. The van der Waals surface area contributed by atoms with Crippen molar-refractivity contribution in [3.63, 3.8) is 0 Å². The normalized spacial score (nSPS) is 14.4. The third-order valence-electron chi connectivity index (χ3n) is 3.20. The van der Waals surface area contributed by atoms with E-state index in [1.54, 1.807) is 0 Å². The van der Waals surface area contributed by atoms with Crippen LogP contribution >= 0.6 is 0 Å². The molecule has 0 unspecified atom stereocenters. The van der Waals surface area contributed by atoms with Crippen LogP contribution in [-0.2, 0) is 9.63 Å². The smallest absolute Gasteiger partial charge is 0.308 e. The number of carboxylic acids is 1. The molecule has 0 aromatic rings. The van der Waals surface area contributed by atoms with Gasteiger partial charge in [-0.15, -0.1) is 0 Å². The van der Waals surface area contributed by atoms with Crippen LogP contribution in [0, 0.1) is 5.92 Å². The topological polar surface area (TPSA) is 58.6 Å². The molecule has 18 heavy (non-hydrogen) atoms. The van der Waals surface area contributed by atoms with Gasteiger partial charge < -0.3 is 9.94 Å². The molecule has 4 nitrogen and oxygen atoms in total. The van der Waals surface area contributed by atoms with Crippen LogP contribution in [0.3, 0.4) is 0 Å². The van der Waals surface area contributed by atoms with E-state index in [1.165, 1.54) is 0 Å². The lowest BCUT2D eigenvalue weighted by Crippen LogP contribution is -2.40. The number of hydrogen-bond donors (Lipinski definition) is 2. The van der Waals surface area contributed by atoms with Crippen LogP contribution in [0.25, 0.3) is 0 Å². The third kappa shape index (κ3) is 7.67. The van der Waals surface area contributed by atoms with Gasteiger partial charge in [-0.1, -0.05) is 46.5 Å². The Morgan fingerprint density at radius 1 is 1.17 bits per heavy atom. The number of carboxylic acid groups (broad SMARTS) is 1. The summed E-state index contributed by atoms with van der Waals surface area (Å²) >= 11 is 0. The van der Waals surface area contributed by atoms with E-state index in [0.29, 0.717) is 6.61 Å². The second-order valence-electron chi connectivity index (χ2n) is 4.78. The monoisotopic (exact) mass is 259 g/mol. The van der Waals surface area contributed by atoms with Crippen molar-refractivity contribution in [1.82, 2.24) is 5.48 Å². The van der Waals surface area contributed by atoms with Crippen molar-refractivity contribution in [3.8, 4) is 0 Å². The number of aliphatic carboxylic acids is 1. The van der Waals surface area contributed by atoms with Crippen LogP contribution in [0.2, 0.25) is 0 Å². The molecular weight excluding hydrogens is 230 g/mol. The zero-order valence-electron chi connectivity index (χ0n) is 12.1. The molecule has 0 aliphatic rings. The Labute approximate surface area is 111 Å². The van der Waals surface area contributed by atoms with Gasteiger partial charge in [-0.25, -0.2) is 0 Å². The minimum atomic E-state index is -0.718. The molecule has 2 atom stereocenters. The van der Waals surface area contributed by atoms with E-state index in [2.05, 4.69) is 19.3 Å². The fourth-order valence-corrected chi connectivity index (χ4v) is 1.94. The second-order valence-corrected chi connectivity index (χ2v) is 4.78. The fraction of sp³-hybridized carbons (Fsp3) is 0.929. The molecule has 108 valence electrons. The van der Waals surface area contributed by atoms with Crippen LogP contribution in [0.1, 0.15) is 65.7 Å². The Kier molecular flexibility index (Phi) is 11.1. The molecule has 0 heterocycles. The van der Waals surface area contributed by atoms with Gasteiger partial charge in [0.15, 0.2) is 0 Å². The lowest BCUT2D eigenvalue weighted by atomic mass is 9.92. The van der Waals surface area contributed by atoms with Crippen molar-refractivity contribution in [2.75, 3.05) is 6.61 Å². The average Bonchev–Trinajstić information content (AvgIpc) is 2.36. The first-order valence-corrected chi connectivity index (χ1v) is 7.27. The number of hydrogen-bond acceptors (Lipinski definition) is 3. The van der Waals surface area contributed by atoms with Gasteiger partial charge in [0.05, 0.1) is 12.5 Å². The molecule has 0 amide bonds. The Balaban J connectivity index is 4.11. The molecule has 0 fully saturated rings. The van der Waals surface area contributed by atoms with E-state index in [0.717, 1.165) is 44.9 Å². The molecular formula is C14H29NO3. The van der Waals surface area contributed by atoms with Crippen molar-refractivity contribution in [3.05, 3.63) is 0 Å². The van der Waals surface area contributed by atoms with E-state index in [1.807, 2.05) is 6.92 Å². The highest BCUT2D eigenvalue weighted by atomic mass is 16.6. The fourth-order valence-electron chi connectivity index (χ4n) is 1.94. The number of carbonyl (C=O) groups is 1. The van der Waals surface area contributed by atoms with E-state index < -0.39 is 5.97 Å². The van der Waals surface area contributed by atoms with Gasteiger partial charge in [-0.05, 0) is 19.3 Å². The standard InChI is InChI=1S/C14H29NO3/c1-4-7-9-10-12(14(16)17)13(6-3)15-18-11-8-5-2/h12-13,15H,4-11H2,1-3H3,(H,16,17)/t12-,13-/m1/s1. The van der Waals surface area contributed by atoms with Gasteiger partial charge in [0.25, 0.3) is 0 Å². The lowest BCUT2D eigenvalue weighted by molar-refractivity contribution is -0.145. The van der Waals surface area contributed by atoms with Crippen LogP contribution < -0.4 is 5.48 Å². The van der Waals surface area contributed by atoms with E-state index in [4.69, 9.17) is 4.84 Å². The molecule has 0 aromatic heterocycles. The van der Waals surface area contributed by atoms with Gasteiger partial charge in [-0.2, -0.15) is 5.48 Å². The van der Waals surface area contributed by atoms with Crippen molar-refractivity contribution in [2.24, 2.45) is 5.92 Å². The molecule has 0 aliphatic heterocycles. The highest BCUT2D eigenvalue weighted by Gasteiger charge is 2.26. The van der Waals surface area contributed by atoms with Crippen molar-refractivity contribution in [1.29, 1.82) is 0 Å². The number of nitrogens with one attached hydrogen (secondary N) is 1. The van der Waals surface area contributed by atoms with Crippen LogP contribution in [0.5, 0.6) is 0 Å². The molecule has 0 radical (unpaired) electrons. The SMILES string of the molecule is CCCCC[C@@H](C(=O)O)[C@@H](CC)NOCCCC. The predicted octanol–water partition coefficient (Wildman–Crippen LogP) is 3.37. The van der Waals surface area contributed by atoms with Gasteiger partial charge in [0.1, 0.15) is 0 Å². The minimum absolute atomic E-state index is 0.0868. The second kappa shape index (κ2) is 11.5. The van der Waals surface area contributed by atoms with Gasteiger partial charge in [0.2, 0.25) is 0 Å². The van der Waals surface area contributed by atoms with Gasteiger partial charge in [-0.3, -0.25) is 4.79 Å². The summed E-state index contributed by atoms with van der Waals surface area (Å²) in [6.45, 7) is 6.87. The van der Waals surface area contributed by atoms with Gasteiger partial charge in [0, 0.05) is 6.04 Å². The summed E-state index contributed by atoms with van der Waals surface area (Å²) in [6.07, 6.45) is 6.76. The Hall–Kier alpha value is -0.610. The summed E-state index contributed by atoms with van der Waals surface area (Å²) in [4.78, 5) is 16.6.